The first kappa shape index (κ1) is 19.1. The first-order valence-corrected chi connectivity index (χ1v) is 12.3. The van der Waals surface area contributed by atoms with Gasteiger partial charge >= 0.3 is 0 Å². The van der Waals surface area contributed by atoms with Crippen molar-refractivity contribution in [1.82, 2.24) is 0 Å². The largest absolute Gasteiger partial charge is 0.489 e. The maximum absolute atomic E-state index is 13.2. The van der Waals surface area contributed by atoms with Crippen LogP contribution in [0.3, 0.4) is 0 Å². The van der Waals surface area contributed by atoms with Gasteiger partial charge in [-0.25, -0.2) is 8.42 Å². The molecule has 9 heteroatoms. The summed E-state index contributed by atoms with van der Waals surface area (Å²) in [6.07, 6.45) is 0.597. The van der Waals surface area contributed by atoms with Gasteiger partial charge in [0.2, 0.25) is 15.9 Å². The Labute approximate surface area is 178 Å². The van der Waals surface area contributed by atoms with Gasteiger partial charge in [0.1, 0.15) is 11.9 Å². The lowest BCUT2D eigenvalue weighted by Gasteiger charge is -2.26. The Morgan fingerprint density at radius 2 is 1.83 bits per heavy atom. The van der Waals surface area contributed by atoms with E-state index in [-0.39, 0.29) is 12.0 Å². The van der Waals surface area contributed by atoms with Gasteiger partial charge in [-0.3, -0.25) is 9.10 Å². The molecule has 2 aromatic rings. The fourth-order valence-electron chi connectivity index (χ4n) is 3.91. The number of carbonyl (C=O) groups excluding carboxylic acids is 1. The van der Waals surface area contributed by atoms with Crippen LogP contribution in [0.4, 0.5) is 11.4 Å². The minimum Gasteiger partial charge on any atom is -0.489 e. The summed E-state index contributed by atoms with van der Waals surface area (Å²) < 4.78 is 32.1. The van der Waals surface area contributed by atoms with Crippen molar-refractivity contribution in [3.63, 3.8) is 0 Å². The van der Waals surface area contributed by atoms with Gasteiger partial charge in [-0.2, -0.15) is 11.8 Å². The normalized spacial score (nSPS) is 27.1. The number of halogens is 1. The Kier molecular flexibility index (Phi) is 4.49. The lowest BCUT2D eigenvalue weighted by atomic mass is 10.2. The molecule has 0 bridgehead atoms. The number of benzene rings is 2. The predicted octanol–water partition coefficient (Wildman–Crippen LogP) is 3.38. The van der Waals surface area contributed by atoms with E-state index in [1.165, 1.54) is 4.31 Å². The van der Waals surface area contributed by atoms with Crippen LogP contribution in [0.2, 0.25) is 5.02 Å². The number of amides is 1. The number of anilines is 2. The third kappa shape index (κ3) is 3.08. The monoisotopic (exact) mass is 450 g/mol. The number of sulfonamides is 1. The summed E-state index contributed by atoms with van der Waals surface area (Å²) >= 11 is 7.75. The molecule has 2 atom stereocenters. The van der Waals surface area contributed by atoms with Crippen molar-refractivity contribution < 1.29 is 17.9 Å². The highest BCUT2D eigenvalue weighted by atomic mass is 35.5. The van der Waals surface area contributed by atoms with Gasteiger partial charge in [-0.05, 0) is 55.0 Å². The molecule has 3 fully saturated rings. The van der Waals surface area contributed by atoms with Crippen LogP contribution in [0.1, 0.15) is 6.42 Å². The first-order chi connectivity index (χ1) is 13.9. The van der Waals surface area contributed by atoms with Crippen molar-refractivity contribution in [1.29, 1.82) is 0 Å². The van der Waals surface area contributed by atoms with Gasteiger partial charge in [0.25, 0.3) is 0 Å². The summed E-state index contributed by atoms with van der Waals surface area (Å²) in [6.45, 7) is 0.309. The predicted molar refractivity (Wildman–Crippen MR) is 115 cm³/mol. The number of carbonyl (C=O) groups is 1. The molecule has 1 saturated carbocycles. The zero-order chi connectivity index (χ0) is 20.2. The number of hydrogen-bond donors (Lipinski definition) is 1. The zero-order valence-electron chi connectivity index (χ0n) is 15.4. The molecule has 0 aromatic heterocycles. The average molecular weight is 451 g/mol. The lowest BCUT2D eigenvalue weighted by Crippen LogP contribution is -2.42. The Bertz CT molecular complexity index is 1050. The Morgan fingerprint density at radius 1 is 1.14 bits per heavy atom. The van der Waals surface area contributed by atoms with Crippen molar-refractivity contribution in [3.05, 3.63) is 53.6 Å². The van der Waals surface area contributed by atoms with Crippen LogP contribution in [-0.2, 0) is 14.8 Å². The van der Waals surface area contributed by atoms with Crippen molar-refractivity contribution >= 4 is 50.7 Å². The molecular formula is C20H19ClN2O4S2. The minimum absolute atomic E-state index is 0.207. The highest BCUT2D eigenvalue weighted by Gasteiger charge is 2.75. The van der Waals surface area contributed by atoms with Crippen LogP contribution in [0.15, 0.2) is 48.5 Å². The number of thioether (sulfide) groups is 1. The fourth-order valence-corrected chi connectivity index (χ4v) is 6.96. The van der Waals surface area contributed by atoms with E-state index >= 15 is 0 Å². The van der Waals surface area contributed by atoms with Crippen LogP contribution >= 0.6 is 23.4 Å². The van der Waals surface area contributed by atoms with Crippen LogP contribution in [-0.4, -0.2) is 43.2 Å². The van der Waals surface area contributed by atoms with E-state index in [0.717, 1.165) is 17.3 Å². The molecule has 5 rings (SSSR count). The molecule has 2 aliphatic heterocycles. The van der Waals surface area contributed by atoms with Gasteiger partial charge < -0.3 is 10.1 Å². The van der Waals surface area contributed by atoms with E-state index in [2.05, 4.69) is 5.32 Å². The Hall–Kier alpha value is -1.90. The summed E-state index contributed by atoms with van der Waals surface area (Å²) in [6, 6.07) is 13.7. The highest BCUT2D eigenvalue weighted by molar-refractivity contribution is 8.00. The zero-order valence-corrected chi connectivity index (χ0v) is 17.8. The Balaban J connectivity index is 1.31. The maximum atomic E-state index is 13.2. The lowest BCUT2D eigenvalue weighted by molar-refractivity contribution is -0.116. The smallest absolute Gasteiger partial charge is 0.250 e. The number of ether oxygens (including phenoxy) is 1. The summed E-state index contributed by atoms with van der Waals surface area (Å²) in [5.41, 5.74) is 1.09. The van der Waals surface area contributed by atoms with E-state index in [1.807, 2.05) is 11.8 Å². The second-order valence-corrected chi connectivity index (χ2v) is 11.2. The van der Waals surface area contributed by atoms with E-state index in [0.29, 0.717) is 29.4 Å². The van der Waals surface area contributed by atoms with Gasteiger partial charge in [0, 0.05) is 34.7 Å². The number of hydrogen-bond acceptors (Lipinski definition) is 5. The number of nitrogens with zero attached hydrogens (tertiary/aromatic N) is 1. The molecule has 2 saturated heterocycles. The average Bonchev–Trinajstić information content (AvgIpc) is 3.36. The molecule has 1 amide bonds. The number of fused-ring (bicyclic) bond motifs is 1. The van der Waals surface area contributed by atoms with E-state index in [1.54, 1.807) is 48.5 Å². The molecule has 6 nitrogen and oxygen atoms in total. The second-order valence-electron chi connectivity index (χ2n) is 7.56. The van der Waals surface area contributed by atoms with E-state index in [4.69, 9.17) is 16.3 Å². The molecule has 1 aliphatic carbocycles. The van der Waals surface area contributed by atoms with Crippen LogP contribution in [0.25, 0.3) is 0 Å². The van der Waals surface area contributed by atoms with Crippen molar-refractivity contribution in [2.24, 2.45) is 5.92 Å². The molecule has 0 unspecified atom stereocenters. The maximum Gasteiger partial charge on any atom is 0.250 e. The van der Waals surface area contributed by atoms with Crippen molar-refractivity contribution in [2.45, 2.75) is 17.3 Å². The van der Waals surface area contributed by atoms with Gasteiger partial charge in [-0.1, -0.05) is 11.6 Å². The Morgan fingerprint density at radius 3 is 2.45 bits per heavy atom. The summed E-state index contributed by atoms with van der Waals surface area (Å²) in [4.78, 5) is 13.0. The standard InChI is InChI=1S/C20H19ClN2O4S2/c21-14-1-5-16(6-2-14)23-10-13-9-20(13,29(23,25)26)19(24)22-15-3-7-17(8-4-15)27-18-11-28-12-18/h1-8,13,18H,9-12H2,(H,22,24)/t13-,20-/m1/s1. The molecule has 0 spiro atoms. The number of nitrogens with one attached hydrogen (secondary N) is 1. The van der Waals surface area contributed by atoms with Crippen LogP contribution < -0.4 is 14.4 Å². The SMILES string of the molecule is O=C(Nc1ccc(OC2CSC2)cc1)[C@@]12C[C@@H]1CN(c1ccc(Cl)cc1)S2(=O)=O. The third-order valence-corrected chi connectivity index (χ3v) is 9.72. The molecule has 29 heavy (non-hydrogen) atoms. The quantitative estimate of drug-likeness (QED) is 0.755. The van der Waals surface area contributed by atoms with E-state index < -0.39 is 20.7 Å². The molecule has 2 heterocycles. The summed E-state index contributed by atoms with van der Waals surface area (Å²) in [7, 11) is -3.81. The van der Waals surface area contributed by atoms with Gasteiger partial charge in [0.15, 0.2) is 4.75 Å². The van der Waals surface area contributed by atoms with Crippen molar-refractivity contribution in [3.8, 4) is 5.75 Å². The van der Waals surface area contributed by atoms with E-state index in [9.17, 15) is 13.2 Å². The molecule has 3 aliphatic rings. The second kappa shape index (κ2) is 6.82. The molecule has 0 radical (unpaired) electrons. The van der Waals surface area contributed by atoms with Gasteiger partial charge in [-0.15, -0.1) is 0 Å². The van der Waals surface area contributed by atoms with Crippen LogP contribution in [0.5, 0.6) is 5.75 Å². The molecule has 2 aromatic carbocycles. The fraction of sp³-hybridized carbons (Fsp3) is 0.350. The highest BCUT2D eigenvalue weighted by Crippen LogP contribution is 2.58. The molecular weight excluding hydrogens is 432 g/mol. The third-order valence-electron chi connectivity index (χ3n) is 5.71. The molecule has 1 N–H and O–H groups in total. The number of rotatable bonds is 5. The minimum atomic E-state index is -3.81. The topological polar surface area (TPSA) is 75.7 Å². The van der Waals surface area contributed by atoms with Gasteiger partial charge in [0.05, 0.1) is 5.69 Å². The summed E-state index contributed by atoms with van der Waals surface area (Å²) in [5.74, 6) is 2.05. The summed E-state index contributed by atoms with van der Waals surface area (Å²) in [5, 5.41) is 3.32. The first-order valence-electron chi connectivity index (χ1n) is 9.34. The van der Waals surface area contributed by atoms with Crippen molar-refractivity contribution in [2.75, 3.05) is 27.7 Å². The van der Waals surface area contributed by atoms with Crippen LogP contribution in [0, 0.1) is 5.92 Å². The molecule has 152 valence electrons.